The number of ether oxygens (including phenoxy) is 2. The van der Waals surface area contributed by atoms with Gasteiger partial charge >= 0.3 is 0 Å². The molecule has 3 N–H and O–H groups in total. The van der Waals surface area contributed by atoms with Crippen molar-refractivity contribution in [3.05, 3.63) is 24.4 Å². The molecule has 2 aromatic rings. The van der Waals surface area contributed by atoms with Gasteiger partial charge in [-0.05, 0) is 12.1 Å². The van der Waals surface area contributed by atoms with E-state index in [1.54, 1.807) is 6.20 Å². The van der Waals surface area contributed by atoms with Gasteiger partial charge < -0.3 is 25.0 Å². The maximum absolute atomic E-state index is 9.37. The topological polar surface area (TPSA) is 83.8 Å². The van der Waals surface area contributed by atoms with Crippen molar-refractivity contribution in [2.75, 3.05) is 25.3 Å². The van der Waals surface area contributed by atoms with E-state index in [4.69, 9.17) is 14.6 Å². The van der Waals surface area contributed by atoms with Crippen LogP contribution in [0.15, 0.2) is 24.4 Å². The second-order valence-corrected chi connectivity index (χ2v) is 4.30. The third-order valence-electron chi connectivity index (χ3n) is 2.97. The van der Waals surface area contributed by atoms with Gasteiger partial charge in [0.25, 0.3) is 0 Å². The summed E-state index contributed by atoms with van der Waals surface area (Å²) < 4.78 is 10.6. The quantitative estimate of drug-likeness (QED) is 0.753. The standard InChI is InChI=1S/C13H14N2O4/c16-6-8(17)5-15-10-1-2-14-11-4-13-12(3-9(10)11)18-7-19-13/h1-4,8,16-17H,5-7H2,(H,14,15). The minimum absolute atomic E-state index is 0.220. The van der Waals surface area contributed by atoms with Crippen LogP contribution in [0.1, 0.15) is 0 Å². The number of hydrogen-bond acceptors (Lipinski definition) is 6. The first-order valence-corrected chi connectivity index (χ1v) is 5.99. The Kier molecular flexibility index (Phi) is 3.10. The molecular weight excluding hydrogens is 248 g/mol. The second-order valence-electron chi connectivity index (χ2n) is 4.30. The van der Waals surface area contributed by atoms with Gasteiger partial charge in [0, 0.05) is 29.9 Å². The van der Waals surface area contributed by atoms with Crippen molar-refractivity contribution in [1.29, 1.82) is 0 Å². The fraction of sp³-hybridized carbons (Fsp3) is 0.308. The van der Waals surface area contributed by atoms with Gasteiger partial charge in [0.2, 0.25) is 6.79 Å². The Balaban J connectivity index is 1.96. The average Bonchev–Trinajstić information content (AvgIpc) is 2.89. The largest absolute Gasteiger partial charge is 0.454 e. The van der Waals surface area contributed by atoms with Crippen LogP contribution in [-0.4, -0.2) is 41.2 Å². The minimum Gasteiger partial charge on any atom is -0.454 e. The van der Waals surface area contributed by atoms with Crippen LogP contribution in [0.3, 0.4) is 0 Å². The number of nitrogens with one attached hydrogen (secondary N) is 1. The maximum Gasteiger partial charge on any atom is 0.231 e. The molecule has 6 heteroatoms. The molecule has 1 aliphatic rings. The van der Waals surface area contributed by atoms with E-state index in [0.717, 1.165) is 16.6 Å². The highest BCUT2D eigenvalue weighted by Gasteiger charge is 2.16. The van der Waals surface area contributed by atoms with Crippen LogP contribution in [0, 0.1) is 0 Å². The number of aliphatic hydroxyl groups is 2. The first-order valence-electron chi connectivity index (χ1n) is 5.99. The molecule has 6 nitrogen and oxygen atoms in total. The molecule has 0 spiro atoms. The van der Waals surface area contributed by atoms with E-state index in [0.29, 0.717) is 11.5 Å². The molecule has 1 unspecified atom stereocenters. The molecule has 3 rings (SSSR count). The number of benzene rings is 1. The number of aliphatic hydroxyl groups excluding tert-OH is 2. The summed E-state index contributed by atoms with van der Waals surface area (Å²) in [7, 11) is 0. The monoisotopic (exact) mass is 262 g/mol. The van der Waals surface area contributed by atoms with Crippen LogP contribution in [0.5, 0.6) is 11.5 Å². The van der Waals surface area contributed by atoms with Crippen LogP contribution < -0.4 is 14.8 Å². The zero-order valence-electron chi connectivity index (χ0n) is 10.2. The molecular formula is C13H14N2O4. The highest BCUT2D eigenvalue weighted by molar-refractivity contribution is 5.93. The SMILES string of the molecule is OCC(O)CNc1ccnc2cc3c(cc12)OCO3. The highest BCUT2D eigenvalue weighted by atomic mass is 16.7. The molecule has 0 fully saturated rings. The summed E-state index contributed by atoms with van der Waals surface area (Å²) in [5.41, 5.74) is 1.61. The predicted octanol–water partition coefficient (Wildman–Crippen LogP) is 0.729. The van der Waals surface area contributed by atoms with Crippen molar-refractivity contribution in [2.45, 2.75) is 6.10 Å². The lowest BCUT2D eigenvalue weighted by Gasteiger charge is -2.12. The van der Waals surface area contributed by atoms with Crippen LogP contribution in [0.4, 0.5) is 5.69 Å². The van der Waals surface area contributed by atoms with Crippen LogP contribution in [0.2, 0.25) is 0 Å². The fourth-order valence-electron chi connectivity index (χ4n) is 1.98. The zero-order valence-corrected chi connectivity index (χ0v) is 10.2. The van der Waals surface area contributed by atoms with Crippen molar-refractivity contribution in [1.82, 2.24) is 4.98 Å². The normalized spacial score (nSPS) is 14.6. The summed E-state index contributed by atoms with van der Waals surface area (Å²) in [5, 5.41) is 22.2. The molecule has 1 aromatic heterocycles. The van der Waals surface area contributed by atoms with Gasteiger partial charge in [-0.3, -0.25) is 4.98 Å². The predicted molar refractivity (Wildman–Crippen MR) is 69.4 cm³/mol. The van der Waals surface area contributed by atoms with Crippen LogP contribution in [-0.2, 0) is 0 Å². The molecule has 0 radical (unpaired) electrons. The first kappa shape index (κ1) is 12.0. The molecule has 2 heterocycles. The first-order chi connectivity index (χ1) is 9.28. The minimum atomic E-state index is -0.794. The Morgan fingerprint density at radius 3 is 2.89 bits per heavy atom. The van der Waals surface area contributed by atoms with Crippen LogP contribution in [0.25, 0.3) is 10.9 Å². The van der Waals surface area contributed by atoms with E-state index >= 15 is 0 Å². The van der Waals surface area contributed by atoms with E-state index in [9.17, 15) is 5.11 Å². The molecule has 0 amide bonds. The molecule has 100 valence electrons. The number of fused-ring (bicyclic) bond motifs is 2. The summed E-state index contributed by atoms with van der Waals surface area (Å²) in [6, 6.07) is 5.50. The number of hydrogen-bond donors (Lipinski definition) is 3. The molecule has 0 aliphatic carbocycles. The molecule has 19 heavy (non-hydrogen) atoms. The number of rotatable bonds is 4. The Bertz CT molecular complexity index is 602. The third-order valence-corrected chi connectivity index (χ3v) is 2.97. The van der Waals surface area contributed by atoms with Crippen molar-refractivity contribution in [2.24, 2.45) is 0 Å². The molecule has 0 bridgehead atoms. The van der Waals surface area contributed by atoms with E-state index in [1.807, 2.05) is 18.2 Å². The number of pyridine rings is 1. The van der Waals surface area contributed by atoms with E-state index in [-0.39, 0.29) is 19.9 Å². The van der Waals surface area contributed by atoms with Crippen molar-refractivity contribution in [3.63, 3.8) is 0 Å². The van der Waals surface area contributed by atoms with Crippen molar-refractivity contribution < 1.29 is 19.7 Å². The van der Waals surface area contributed by atoms with Gasteiger partial charge in [-0.15, -0.1) is 0 Å². The molecule has 0 saturated carbocycles. The lowest BCUT2D eigenvalue weighted by atomic mass is 10.1. The molecule has 1 aromatic carbocycles. The van der Waals surface area contributed by atoms with Gasteiger partial charge in [0.15, 0.2) is 11.5 Å². The Morgan fingerprint density at radius 2 is 2.11 bits per heavy atom. The van der Waals surface area contributed by atoms with Crippen molar-refractivity contribution >= 4 is 16.6 Å². The summed E-state index contributed by atoms with van der Waals surface area (Å²) in [4.78, 5) is 4.28. The zero-order chi connectivity index (χ0) is 13.2. The van der Waals surface area contributed by atoms with Gasteiger partial charge in [-0.25, -0.2) is 0 Å². The summed E-state index contributed by atoms with van der Waals surface area (Å²) in [5.74, 6) is 1.37. The third kappa shape index (κ3) is 2.27. The summed E-state index contributed by atoms with van der Waals surface area (Å²) in [6.45, 7) is 0.212. The average molecular weight is 262 g/mol. The number of aromatic nitrogens is 1. The number of nitrogens with zero attached hydrogens (tertiary/aromatic N) is 1. The highest BCUT2D eigenvalue weighted by Crippen LogP contribution is 2.37. The number of anilines is 1. The van der Waals surface area contributed by atoms with E-state index in [1.165, 1.54) is 0 Å². The second kappa shape index (κ2) is 4.91. The van der Waals surface area contributed by atoms with E-state index in [2.05, 4.69) is 10.3 Å². The fourth-order valence-corrected chi connectivity index (χ4v) is 1.98. The van der Waals surface area contributed by atoms with Gasteiger partial charge in [0.05, 0.1) is 18.2 Å². The van der Waals surface area contributed by atoms with Gasteiger partial charge in [-0.1, -0.05) is 0 Å². The smallest absolute Gasteiger partial charge is 0.231 e. The molecule has 0 saturated heterocycles. The lowest BCUT2D eigenvalue weighted by molar-refractivity contribution is 0.105. The van der Waals surface area contributed by atoms with Crippen molar-refractivity contribution in [3.8, 4) is 11.5 Å². The summed E-state index contributed by atoms with van der Waals surface area (Å²) >= 11 is 0. The van der Waals surface area contributed by atoms with E-state index < -0.39 is 6.10 Å². The molecule has 1 aliphatic heterocycles. The summed E-state index contributed by atoms with van der Waals surface area (Å²) in [6.07, 6.45) is 0.885. The van der Waals surface area contributed by atoms with Crippen LogP contribution >= 0.6 is 0 Å². The maximum atomic E-state index is 9.37. The Labute approximate surface area is 109 Å². The lowest BCUT2D eigenvalue weighted by Crippen LogP contribution is -2.23. The Morgan fingerprint density at radius 1 is 1.32 bits per heavy atom. The molecule has 1 atom stereocenters. The van der Waals surface area contributed by atoms with Gasteiger partial charge in [0.1, 0.15) is 0 Å². The van der Waals surface area contributed by atoms with Gasteiger partial charge in [-0.2, -0.15) is 0 Å². The Hall–Kier alpha value is -2.05.